The van der Waals surface area contributed by atoms with E-state index in [4.69, 9.17) is 4.74 Å². The van der Waals surface area contributed by atoms with Gasteiger partial charge in [-0.1, -0.05) is 6.07 Å². The van der Waals surface area contributed by atoms with Gasteiger partial charge in [0.15, 0.2) is 0 Å². The van der Waals surface area contributed by atoms with Gasteiger partial charge in [0.1, 0.15) is 17.9 Å². The summed E-state index contributed by atoms with van der Waals surface area (Å²) in [6.45, 7) is 1.88. The normalized spacial score (nSPS) is 10.9. The van der Waals surface area contributed by atoms with Crippen molar-refractivity contribution in [2.75, 3.05) is 12.4 Å². The van der Waals surface area contributed by atoms with Crippen LogP contribution < -0.4 is 21.3 Å². The molecule has 0 saturated carbocycles. The maximum Gasteiger partial charge on any atom is 0.332 e. The zero-order valence-electron chi connectivity index (χ0n) is 15.1. The fraction of sp³-hybridized carbons (Fsp3) is 0.278. The summed E-state index contributed by atoms with van der Waals surface area (Å²) in [6.07, 6.45) is 1.62. The summed E-state index contributed by atoms with van der Waals surface area (Å²) in [5.41, 5.74) is 1.13. The highest BCUT2D eigenvalue weighted by Gasteiger charge is 2.15. The molecule has 1 amide bonds. The maximum atomic E-state index is 12.5. The Morgan fingerprint density at radius 1 is 1.15 bits per heavy atom. The van der Waals surface area contributed by atoms with Crippen LogP contribution in [0.1, 0.15) is 5.56 Å². The van der Waals surface area contributed by atoms with Crippen LogP contribution in [0.2, 0.25) is 0 Å². The van der Waals surface area contributed by atoms with E-state index in [1.807, 2.05) is 19.1 Å². The highest BCUT2D eigenvalue weighted by atomic mass is 16.5. The molecule has 0 unspecified atom stereocenters. The standard InChI is InChI=1S/C18H20N4O4/c1-11-5-6-14(26-4)13(9-11)19-15(23)10-22-8-7-12-16(22)20(2)18(25)21(3)17(12)24/h5-9H,10H2,1-4H3,(H,19,23). The zero-order chi connectivity index (χ0) is 19.0. The second-order valence-corrected chi connectivity index (χ2v) is 6.14. The van der Waals surface area contributed by atoms with Crippen LogP contribution in [0.25, 0.3) is 11.0 Å². The number of carbonyl (C=O) groups excluding carboxylic acids is 1. The molecule has 0 fully saturated rings. The topological polar surface area (TPSA) is 87.3 Å². The van der Waals surface area contributed by atoms with Gasteiger partial charge in [-0.3, -0.25) is 18.7 Å². The first-order valence-electron chi connectivity index (χ1n) is 8.03. The summed E-state index contributed by atoms with van der Waals surface area (Å²) < 4.78 is 9.24. The summed E-state index contributed by atoms with van der Waals surface area (Å²) in [5, 5.41) is 3.19. The molecule has 0 aliphatic rings. The number of fused-ring (bicyclic) bond motifs is 1. The van der Waals surface area contributed by atoms with Crippen LogP contribution in [0.4, 0.5) is 5.69 Å². The summed E-state index contributed by atoms with van der Waals surface area (Å²) in [4.78, 5) is 36.9. The second kappa shape index (κ2) is 6.55. The number of nitrogens with one attached hydrogen (secondary N) is 1. The third-order valence-corrected chi connectivity index (χ3v) is 4.30. The molecule has 0 spiro atoms. The van der Waals surface area contributed by atoms with Gasteiger partial charge in [-0.15, -0.1) is 0 Å². The molecule has 2 aromatic heterocycles. The first-order chi connectivity index (χ1) is 12.3. The number of aromatic nitrogens is 3. The van der Waals surface area contributed by atoms with Crippen molar-refractivity contribution in [3.05, 3.63) is 56.9 Å². The van der Waals surface area contributed by atoms with Crippen LogP contribution in [0.15, 0.2) is 40.1 Å². The van der Waals surface area contributed by atoms with Gasteiger partial charge in [0.05, 0.1) is 18.2 Å². The lowest BCUT2D eigenvalue weighted by Gasteiger charge is -2.13. The number of benzene rings is 1. The number of carbonyl (C=O) groups is 1. The van der Waals surface area contributed by atoms with E-state index in [1.165, 1.54) is 18.7 Å². The molecule has 26 heavy (non-hydrogen) atoms. The third kappa shape index (κ3) is 2.90. The number of ether oxygens (including phenoxy) is 1. The largest absolute Gasteiger partial charge is 0.495 e. The Morgan fingerprint density at radius 3 is 2.58 bits per heavy atom. The van der Waals surface area contributed by atoms with Gasteiger partial charge in [-0.05, 0) is 30.7 Å². The Kier molecular flexibility index (Phi) is 4.41. The van der Waals surface area contributed by atoms with Gasteiger partial charge in [0.2, 0.25) is 5.91 Å². The van der Waals surface area contributed by atoms with Crippen LogP contribution in [-0.2, 0) is 25.4 Å². The van der Waals surface area contributed by atoms with Crippen molar-refractivity contribution in [2.45, 2.75) is 13.5 Å². The van der Waals surface area contributed by atoms with Crippen molar-refractivity contribution in [1.82, 2.24) is 13.7 Å². The molecule has 0 radical (unpaired) electrons. The van der Waals surface area contributed by atoms with Crippen molar-refractivity contribution < 1.29 is 9.53 Å². The van der Waals surface area contributed by atoms with E-state index in [1.54, 1.807) is 29.9 Å². The van der Waals surface area contributed by atoms with Gasteiger partial charge in [-0.2, -0.15) is 0 Å². The van der Waals surface area contributed by atoms with Crippen molar-refractivity contribution in [3.8, 4) is 5.75 Å². The lowest BCUT2D eigenvalue weighted by Crippen LogP contribution is -2.37. The van der Waals surface area contributed by atoms with Gasteiger partial charge >= 0.3 is 5.69 Å². The van der Waals surface area contributed by atoms with Crippen LogP contribution >= 0.6 is 0 Å². The fourth-order valence-electron chi connectivity index (χ4n) is 2.98. The maximum absolute atomic E-state index is 12.5. The lowest BCUT2D eigenvalue weighted by molar-refractivity contribution is -0.116. The zero-order valence-corrected chi connectivity index (χ0v) is 15.1. The molecule has 1 aromatic carbocycles. The Morgan fingerprint density at radius 2 is 1.88 bits per heavy atom. The van der Waals surface area contributed by atoms with E-state index in [0.29, 0.717) is 22.5 Å². The summed E-state index contributed by atoms with van der Waals surface area (Å²) in [6, 6.07) is 7.09. The molecule has 3 aromatic rings. The van der Waals surface area contributed by atoms with Crippen LogP contribution in [0, 0.1) is 6.92 Å². The Hall–Kier alpha value is -3.29. The molecule has 0 atom stereocenters. The minimum Gasteiger partial charge on any atom is -0.495 e. The van der Waals surface area contributed by atoms with Crippen molar-refractivity contribution in [3.63, 3.8) is 0 Å². The minimum atomic E-state index is -0.441. The van der Waals surface area contributed by atoms with Gasteiger partial charge in [0.25, 0.3) is 5.56 Å². The molecule has 0 aliphatic carbocycles. The van der Waals surface area contributed by atoms with E-state index in [-0.39, 0.29) is 18.0 Å². The molecule has 2 heterocycles. The van der Waals surface area contributed by atoms with E-state index >= 15 is 0 Å². The number of anilines is 1. The molecule has 8 nitrogen and oxygen atoms in total. The highest BCUT2D eigenvalue weighted by molar-refractivity contribution is 5.93. The molecule has 8 heteroatoms. The van der Waals surface area contributed by atoms with Crippen molar-refractivity contribution >= 4 is 22.6 Å². The van der Waals surface area contributed by atoms with Gasteiger partial charge in [0, 0.05) is 20.3 Å². The number of nitrogens with zero attached hydrogens (tertiary/aromatic N) is 3. The average Bonchev–Trinajstić information content (AvgIpc) is 3.02. The third-order valence-electron chi connectivity index (χ3n) is 4.30. The lowest BCUT2D eigenvalue weighted by atomic mass is 10.2. The van der Waals surface area contributed by atoms with Crippen molar-refractivity contribution in [2.24, 2.45) is 14.1 Å². The van der Waals surface area contributed by atoms with Crippen molar-refractivity contribution in [1.29, 1.82) is 0 Å². The summed E-state index contributed by atoms with van der Waals surface area (Å²) in [5.74, 6) is 0.266. The molecular weight excluding hydrogens is 336 g/mol. The summed E-state index contributed by atoms with van der Waals surface area (Å²) in [7, 11) is 4.53. The molecule has 0 bridgehead atoms. The Bertz CT molecular complexity index is 1120. The molecule has 136 valence electrons. The van der Waals surface area contributed by atoms with Gasteiger partial charge < -0.3 is 14.6 Å². The molecule has 0 aliphatic heterocycles. The van der Waals surface area contributed by atoms with E-state index in [9.17, 15) is 14.4 Å². The number of rotatable bonds is 4. The van der Waals surface area contributed by atoms with Crippen LogP contribution in [-0.4, -0.2) is 26.7 Å². The fourth-order valence-corrected chi connectivity index (χ4v) is 2.98. The molecular formula is C18H20N4O4. The number of aryl methyl sites for hydroxylation is 2. The van der Waals surface area contributed by atoms with E-state index < -0.39 is 5.69 Å². The predicted molar refractivity (Wildman–Crippen MR) is 98.8 cm³/mol. The van der Waals surface area contributed by atoms with Gasteiger partial charge in [-0.25, -0.2) is 4.79 Å². The van der Waals surface area contributed by atoms with Crippen LogP contribution in [0.3, 0.4) is 0 Å². The average molecular weight is 356 g/mol. The smallest absolute Gasteiger partial charge is 0.332 e. The number of hydrogen-bond donors (Lipinski definition) is 1. The van der Waals surface area contributed by atoms with E-state index in [0.717, 1.165) is 10.1 Å². The number of methoxy groups -OCH3 is 1. The number of amides is 1. The molecule has 0 saturated heterocycles. The van der Waals surface area contributed by atoms with E-state index in [2.05, 4.69) is 5.32 Å². The number of hydrogen-bond acceptors (Lipinski definition) is 4. The predicted octanol–water partition coefficient (Wildman–Crippen LogP) is 0.994. The highest BCUT2D eigenvalue weighted by Crippen LogP contribution is 2.25. The first kappa shape index (κ1) is 17.5. The Balaban J connectivity index is 1.95. The van der Waals surface area contributed by atoms with Crippen LogP contribution in [0.5, 0.6) is 5.75 Å². The first-order valence-corrected chi connectivity index (χ1v) is 8.03. The molecule has 3 rings (SSSR count). The second-order valence-electron chi connectivity index (χ2n) is 6.14. The quantitative estimate of drug-likeness (QED) is 0.755. The Labute approximate surface area is 149 Å². The SMILES string of the molecule is COc1ccc(C)cc1NC(=O)Cn1ccc2c(=O)n(C)c(=O)n(C)c21. The summed E-state index contributed by atoms with van der Waals surface area (Å²) >= 11 is 0. The minimum absolute atomic E-state index is 0.0406. The molecule has 1 N–H and O–H groups in total. The monoisotopic (exact) mass is 356 g/mol.